The number of halogens is 1. The molecule has 1 aromatic rings. The summed E-state index contributed by atoms with van der Waals surface area (Å²) in [5, 5.41) is 2.87. The molecular weight excluding hydrogens is 296 g/mol. The molecule has 1 amide bonds. The molecule has 1 aliphatic carbocycles. The molecule has 0 saturated heterocycles. The fourth-order valence-electron chi connectivity index (χ4n) is 1.79. The first-order chi connectivity index (χ1) is 8.35. The van der Waals surface area contributed by atoms with Gasteiger partial charge in [0, 0.05) is 18.2 Å². The molecule has 18 heavy (non-hydrogen) atoms. The van der Waals surface area contributed by atoms with E-state index in [4.69, 9.17) is 4.74 Å². The SMILES string of the molecule is CC(C)(C)OC(=O)N[C@H]1CC1c1ccc(Br)nc1. The number of alkyl carbamates (subject to hydrolysis) is 1. The molecule has 0 aromatic carbocycles. The summed E-state index contributed by atoms with van der Waals surface area (Å²) in [6.07, 6.45) is 2.44. The molecule has 98 valence electrons. The molecule has 0 spiro atoms. The largest absolute Gasteiger partial charge is 0.444 e. The third kappa shape index (κ3) is 3.70. The monoisotopic (exact) mass is 312 g/mol. The van der Waals surface area contributed by atoms with E-state index in [-0.39, 0.29) is 12.1 Å². The smallest absolute Gasteiger partial charge is 0.407 e. The Bertz CT molecular complexity index is 439. The second-order valence-electron chi connectivity index (χ2n) is 5.51. The van der Waals surface area contributed by atoms with Crippen LogP contribution in [0.15, 0.2) is 22.9 Å². The van der Waals surface area contributed by atoms with Gasteiger partial charge in [0.05, 0.1) is 0 Å². The van der Waals surface area contributed by atoms with Crippen LogP contribution in [-0.4, -0.2) is 22.7 Å². The first-order valence-corrected chi connectivity index (χ1v) is 6.75. The van der Waals surface area contributed by atoms with Crippen molar-refractivity contribution >= 4 is 22.0 Å². The van der Waals surface area contributed by atoms with Gasteiger partial charge in [-0.15, -0.1) is 0 Å². The highest BCUT2D eigenvalue weighted by Gasteiger charge is 2.40. The van der Waals surface area contributed by atoms with Gasteiger partial charge in [0.2, 0.25) is 0 Å². The summed E-state index contributed by atoms with van der Waals surface area (Å²) < 4.78 is 6.04. The Labute approximate surface area is 115 Å². The van der Waals surface area contributed by atoms with Crippen molar-refractivity contribution in [3.05, 3.63) is 28.5 Å². The minimum absolute atomic E-state index is 0.169. The van der Waals surface area contributed by atoms with Crippen LogP contribution < -0.4 is 5.32 Å². The topological polar surface area (TPSA) is 51.2 Å². The Morgan fingerprint density at radius 1 is 1.50 bits per heavy atom. The van der Waals surface area contributed by atoms with Crippen molar-refractivity contribution in [2.75, 3.05) is 0 Å². The number of nitrogens with zero attached hydrogens (tertiary/aromatic N) is 1. The zero-order chi connectivity index (χ0) is 13.3. The van der Waals surface area contributed by atoms with Crippen LogP contribution in [0.2, 0.25) is 0 Å². The van der Waals surface area contributed by atoms with Crippen LogP contribution >= 0.6 is 15.9 Å². The van der Waals surface area contributed by atoms with Crippen LogP contribution in [-0.2, 0) is 4.74 Å². The van der Waals surface area contributed by atoms with E-state index in [2.05, 4.69) is 26.2 Å². The summed E-state index contributed by atoms with van der Waals surface area (Å²) in [4.78, 5) is 15.8. The average Bonchev–Trinajstić information content (AvgIpc) is 2.95. The predicted molar refractivity (Wildman–Crippen MR) is 72.5 cm³/mol. The standard InChI is InChI=1S/C13H17BrN2O2/c1-13(2,3)18-12(17)16-10-6-9(10)8-4-5-11(14)15-7-8/h4-5,7,9-10H,6H2,1-3H3,(H,16,17)/t9?,10-/m0/s1. The second-order valence-corrected chi connectivity index (χ2v) is 6.32. The number of nitrogens with one attached hydrogen (secondary N) is 1. The van der Waals surface area contributed by atoms with Gasteiger partial charge in [-0.25, -0.2) is 9.78 Å². The Kier molecular flexibility index (Phi) is 3.61. The minimum Gasteiger partial charge on any atom is -0.444 e. The van der Waals surface area contributed by atoms with Gasteiger partial charge in [-0.2, -0.15) is 0 Å². The predicted octanol–water partition coefficient (Wildman–Crippen LogP) is 3.22. The highest BCUT2D eigenvalue weighted by Crippen LogP contribution is 2.40. The molecule has 5 heteroatoms. The zero-order valence-corrected chi connectivity index (χ0v) is 12.3. The van der Waals surface area contributed by atoms with Crippen LogP contribution in [0.5, 0.6) is 0 Å². The number of aromatic nitrogens is 1. The first-order valence-electron chi connectivity index (χ1n) is 5.96. The molecule has 1 aliphatic rings. The van der Waals surface area contributed by atoms with E-state index in [0.717, 1.165) is 16.6 Å². The van der Waals surface area contributed by atoms with Crippen molar-refractivity contribution in [3.8, 4) is 0 Å². The summed E-state index contributed by atoms with van der Waals surface area (Å²) in [5.41, 5.74) is 0.701. The number of carbonyl (C=O) groups excluding carboxylic acids is 1. The van der Waals surface area contributed by atoms with Gasteiger partial charge in [-0.3, -0.25) is 0 Å². The van der Waals surface area contributed by atoms with Crippen LogP contribution in [0.1, 0.15) is 38.7 Å². The fourth-order valence-corrected chi connectivity index (χ4v) is 2.02. The fraction of sp³-hybridized carbons (Fsp3) is 0.538. The molecule has 1 aromatic heterocycles. The highest BCUT2D eigenvalue weighted by atomic mass is 79.9. The van der Waals surface area contributed by atoms with Crippen LogP contribution in [0.3, 0.4) is 0 Å². The van der Waals surface area contributed by atoms with Gasteiger partial charge in [0.1, 0.15) is 10.2 Å². The van der Waals surface area contributed by atoms with Crippen LogP contribution in [0, 0.1) is 0 Å². The van der Waals surface area contributed by atoms with E-state index in [1.807, 2.05) is 39.1 Å². The highest BCUT2D eigenvalue weighted by molar-refractivity contribution is 9.10. The summed E-state index contributed by atoms with van der Waals surface area (Å²) in [7, 11) is 0. The molecule has 1 fully saturated rings. The second kappa shape index (κ2) is 4.88. The first kappa shape index (κ1) is 13.3. The van der Waals surface area contributed by atoms with E-state index in [9.17, 15) is 4.79 Å². The zero-order valence-electron chi connectivity index (χ0n) is 10.7. The molecule has 1 unspecified atom stereocenters. The Hall–Kier alpha value is -1.10. The minimum atomic E-state index is -0.451. The van der Waals surface area contributed by atoms with E-state index < -0.39 is 5.60 Å². The molecule has 0 radical (unpaired) electrons. The van der Waals surface area contributed by atoms with Gasteiger partial charge in [-0.1, -0.05) is 6.07 Å². The van der Waals surface area contributed by atoms with Gasteiger partial charge >= 0.3 is 6.09 Å². The summed E-state index contributed by atoms with van der Waals surface area (Å²) in [6.45, 7) is 5.57. The van der Waals surface area contributed by atoms with Gasteiger partial charge in [0.15, 0.2) is 0 Å². The number of hydrogen-bond donors (Lipinski definition) is 1. The Balaban J connectivity index is 1.85. The van der Waals surface area contributed by atoms with Gasteiger partial charge < -0.3 is 10.1 Å². The normalized spacial score (nSPS) is 22.4. The third-order valence-corrected chi connectivity index (χ3v) is 3.14. The summed E-state index contributed by atoms with van der Waals surface area (Å²) in [6, 6.07) is 4.11. The number of amides is 1. The van der Waals surface area contributed by atoms with Crippen molar-refractivity contribution < 1.29 is 9.53 Å². The van der Waals surface area contributed by atoms with Crippen LogP contribution in [0.25, 0.3) is 0 Å². The molecular formula is C13H17BrN2O2. The Morgan fingerprint density at radius 3 is 2.78 bits per heavy atom. The van der Waals surface area contributed by atoms with Crippen LogP contribution in [0.4, 0.5) is 4.79 Å². The molecule has 1 saturated carbocycles. The number of carbonyl (C=O) groups is 1. The lowest BCUT2D eigenvalue weighted by Gasteiger charge is -2.19. The number of rotatable bonds is 2. The molecule has 1 N–H and O–H groups in total. The van der Waals surface area contributed by atoms with Gasteiger partial charge in [-0.05, 0) is 54.8 Å². The maximum atomic E-state index is 11.6. The van der Waals surface area contributed by atoms with E-state index >= 15 is 0 Å². The molecule has 0 aliphatic heterocycles. The Morgan fingerprint density at radius 2 is 2.22 bits per heavy atom. The van der Waals surface area contributed by atoms with Crippen molar-refractivity contribution in [1.29, 1.82) is 0 Å². The maximum Gasteiger partial charge on any atom is 0.407 e. The average molecular weight is 313 g/mol. The number of pyridine rings is 1. The number of hydrogen-bond acceptors (Lipinski definition) is 3. The molecule has 0 bridgehead atoms. The van der Waals surface area contributed by atoms with E-state index in [1.165, 1.54) is 0 Å². The lowest BCUT2D eigenvalue weighted by atomic mass is 10.2. The summed E-state index contributed by atoms with van der Waals surface area (Å²) >= 11 is 3.30. The van der Waals surface area contributed by atoms with Crippen molar-refractivity contribution in [2.24, 2.45) is 0 Å². The summed E-state index contributed by atoms with van der Waals surface area (Å²) in [5.74, 6) is 0.359. The van der Waals surface area contributed by atoms with Gasteiger partial charge in [0.25, 0.3) is 0 Å². The van der Waals surface area contributed by atoms with E-state index in [1.54, 1.807) is 0 Å². The van der Waals surface area contributed by atoms with Crippen molar-refractivity contribution in [3.63, 3.8) is 0 Å². The molecule has 2 rings (SSSR count). The molecule has 2 atom stereocenters. The molecule has 4 nitrogen and oxygen atoms in total. The quantitative estimate of drug-likeness (QED) is 0.853. The number of ether oxygens (including phenoxy) is 1. The molecule has 1 heterocycles. The lowest BCUT2D eigenvalue weighted by Crippen LogP contribution is -2.34. The van der Waals surface area contributed by atoms with Crippen molar-refractivity contribution in [1.82, 2.24) is 10.3 Å². The van der Waals surface area contributed by atoms with E-state index in [0.29, 0.717) is 5.92 Å². The van der Waals surface area contributed by atoms with Crippen molar-refractivity contribution in [2.45, 2.75) is 44.8 Å². The third-order valence-electron chi connectivity index (χ3n) is 2.67. The maximum absolute atomic E-state index is 11.6. The lowest BCUT2D eigenvalue weighted by molar-refractivity contribution is 0.0523.